The van der Waals surface area contributed by atoms with E-state index in [1.165, 1.54) is 18.1 Å². The molecule has 1 aromatic carbocycles. The van der Waals surface area contributed by atoms with Crippen LogP contribution in [0.1, 0.15) is 24.8 Å². The molecular formula is C18H22BrF3N2O3. The van der Waals surface area contributed by atoms with Crippen LogP contribution in [0.2, 0.25) is 0 Å². The number of esters is 1. The van der Waals surface area contributed by atoms with Crippen LogP contribution in [-0.4, -0.2) is 54.9 Å². The molecule has 150 valence electrons. The Balaban J connectivity index is 2.17. The number of rotatable bonds is 6. The molecule has 2 rings (SSSR count). The molecular weight excluding hydrogens is 429 g/mol. The summed E-state index contributed by atoms with van der Waals surface area (Å²) in [7, 11) is 1.28. The molecule has 0 bridgehead atoms. The van der Waals surface area contributed by atoms with E-state index in [2.05, 4.69) is 15.9 Å². The minimum atomic E-state index is -4.42. The van der Waals surface area contributed by atoms with Gasteiger partial charge in [0.15, 0.2) is 0 Å². The van der Waals surface area contributed by atoms with Crippen LogP contribution >= 0.6 is 15.9 Å². The van der Waals surface area contributed by atoms with Crippen LogP contribution in [0.5, 0.6) is 0 Å². The fourth-order valence-corrected chi connectivity index (χ4v) is 3.44. The lowest BCUT2D eigenvalue weighted by atomic mass is 10.1. The maximum Gasteiger partial charge on any atom is 0.416 e. The quantitative estimate of drug-likeness (QED) is 0.491. The van der Waals surface area contributed by atoms with Crippen molar-refractivity contribution in [2.24, 2.45) is 0 Å². The molecule has 1 aromatic rings. The number of hydrogen-bond donors (Lipinski definition) is 0. The van der Waals surface area contributed by atoms with Crippen molar-refractivity contribution in [1.82, 2.24) is 4.90 Å². The van der Waals surface area contributed by atoms with Crippen molar-refractivity contribution >= 4 is 33.5 Å². The van der Waals surface area contributed by atoms with E-state index in [1.54, 1.807) is 11.0 Å². The van der Waals surface area contributed by atoms with Gasteiger partial charge in [-0.25, -0.2) is 4.79 Å². The van der Waals surface area contributed by atoms with Crippen molar-refractivity contribution in [2.75, 3.05) is 37.0 Å². The van der Waals surface area contributed by atoms with Crippen molar-refractivity contribution in [3.63, 3.8) is 0 Å². The summed E-state index contributed by atoms with van der Waals surface area (Å²) >= 11 is 3.31. The molecule has 0 saturated carbocycles. The van der Waals surface area contributed by atoms with E-state index in [-0.39, 0.29) is 18.9 Å². The summed E-state index contributed by atoms with van der Waals surface area (Å²) in [6.07, 6.45) is -3.14. The van der Waals surface area contributed by atoms with Crippen LogP contribution in [0.15, 0.2) is 24.3 Å². The molecule has 1 unspecified atom stereocenters. The minimum absolute atomic E-state index is 0.123. The summed E-state index contributed by atoms with van der Waals surface area (Å²) in [4.78, 5) is 27.9. The van der Waals surface area contributed by atoms with Gasteiger partial charge in [-0.05, 0) is 31.0 Å². The monoisotopic (exact) mass is 450 g/mol. The molecule has 1 aliphatic heterocycles. The van der Waals surface area contributed by atoms with Crippen molar-refractivity contribution in [3.8, 4) is 0 Å². The third-order valence-corrected chi connectivity index (χ3v) is 5.09. The Morgan fingerprint density at radius 1 is 1.30 bits per heavy atom. The van der Waals surface area contributed by atoms with E-state index in [4.69, 9.17) is 4.74 Å². The molecule has 1 fully saturated rings. The molecule has 5 nitrogen and oxygen atoms in total. The lowest BCUT2D eigenvalue weighted by Crippen LogP contribution is -2.46. The highest BCUT2D eigenvalue weighted by Crippen LogP contribution is 2.32. The number of carbonyl (C=O) groups excluding carboxylic acids is 2. The SMILES string of the molecule is COC(=O)C(CCCBr)N1CCN(c2cccc(C(F)(F)F)c2)CCC1=O. The summed E-state index contributed by atoms with van der Waals surface area (Å²) in [6.45, 7) is 0.884. The number of benzene rings is 1. The Kier molecular flexibility index (Phi) is 7.52. The van der Waals surface area contributed by atoms with Crippen LogP contribution in [0.25, 0.3) is 0 Å². The van der Waals surface area contributed by atoms with Gasteiger partial charge in [-0.2, -0.15) is 13.2 Å². The van der Waals surface area contributed by atoms with E-state index >= 15 is 0 Å². The van der Waals surface area contributed by atoms with Crippen LogP contribution in [0.3, 0.4) is 0 Å². The summed E-state index contributed by atoms with van der Waals surface area (Å²) in [5, 5.41) is 0.693. The minimum Gasteiger partial charge on any atom is -0.467 e. The van der Waals surface area contributed by atoms with Gasteiger partial charge in [0.25, 0.3) is 0 Å². The van der Waals surface area contributed by atoms with E-state index < -0.39 is 23.8 Å². The molecule has 1 heterocycles. The van der Waals surface area contributed by atoms with Crippen molar-refractivity contribution < 1.29 is 27.5 Å². The first-order valence-electron chi connectivity index (χ1n) is 8.63. The highest BCUT2D eigenvalue weighted by Gasteiger charge is 2.33. The third kappa shape index (κ3) is 5.60. The third-order valence-electron chi connectivity index (χ3n) is 4.53. The second kappa shape index (κ2) is 9.43. The molecule has 9 heteroatoms. The molecule has 0 aliphatic carbocycles. The van der Waals surface area contributed by atoms with Gasteiger partial charge in [-0.1, -0.05) is 22.0 Å². The van der Waals surface area contributed by atoms with Gasteiger partial charge in [0.1, 0.15) is 6.04 Å². The number of ether oxygens (including phenoxy) is 1. The second-order valence-electron chi connectivity index (χ2n) is 6.24. The first-order valence-corrected chi connectivity index (χ1v) is 9.75. The molecule has 0 aromatic heterocycles. The van der Waals surface area contributed by atoms with Crippen molar-refractivity contribution in [3.05, 3.63) is 29.8 Å². The summed E-state index contributed by atoms with van der Waals surface area (Å²) in [5.41, 5.74) is -0.313. The topological polar surface area (TPSA) is 49.9 Å². The number of anilines is 1. The fraction of sp³-hybridized carbons (Fsp3) is 0.556. The van der Waals surface area contributed by atoms with E-state index in [0.717, 1.165) is 12.1 Å². The summed E-state index contributed by atoms with van der Waals surface area (Å²) < 4.78 is 43.7. The Morgan fingerprint density at radius 2 is 2.04 bits per heavy atom. The van der Waals surface area contributed by atoms with Crippen LogP contribution in [0.4, 0.5) is 18.9 Å². The molecule has 1 amide bonds. The Morgan fingerprint density at radius 3 is 2.67 bits per heavy atom. The molecule has 0 spiro atoms. The normalized spacial score (nSPS) is 16.9. The van der Waals surface area contributed by atoms with Gasteiger partial charge < -0.3 is 14.5 Å². The molecule has 1 aliphatic rings. The lowest BCUT2D eigenvalue weighted by molar-refractivity contribution is -0.152. The highest BCUT2D eigenvalue weighted by atomic mass is 79.9. The van der Waals surface area contributed by atoms with Crippen molar-refractivity contribution in [2.45, 2.75) is 31.5 Å². The molecule has 0 radical (unpaired) electrons. The zero-order chi connectivity index (χ0) is 20.0. The Hall–Kier alpha value is -1.77. The van der Waals surface area contributed by atoms with Gasteiger partial charge in [-0.15, -0.1) is 0 Å². The van der Waals surface area contributed by atoms with Crippen molar-refractivity contribution in [1.29, 1.82) is 0 Å². The average Bonchev–Trinajstić information content (AvgIpc) is 2.83. The predicted molar refractivity (Wildman–Crippen MR) is 98.8 cm³/mol. The van der Waals surface area contributed by atoms with E-state index in [0.29, 0.717) is 36.9 Å². The average molecular weight is 451 g/mol. The number of hydrogen-bond acceptors (Lipinski definition) is 4. The van der Waals surface area contributed by atoms with Crippen LogP contribution in [-0.2, 0) is 20.5 Å². The van der Waals surface area contributed by atoms with Gasteiger partial charge >= 0.3 is 12.1 Å². The van der Waals surface area contributed by atoms with Crippen LogP contribution < -0.4 is 4.90 Å². The standard InChI is InChI=1S/C18H22BrF3N2O3/c1-27-17(26)15(6-3-8-19)24-11-10-23(9-7-16(24)25)14-5-2-4-13(12-14)18(20,21)22/h2,4-5,12,15H,3,6-11H2,1H3. The fourth-order valence-electron chi connectivity index (χ4n) is 3.11. The van der Waals surface area contributed by atoms with E-state index in [1.807, 2.05) is 0 Å². The lowest BCUT2D eigenvalue weighted by Gasteiger charge is -2.29. The number of amides is 1. The zero-order valence-electron chi connectivity index (χ0n) is 15.0. The summed E-state index contributed by atoms with van der Waals surface area (Å²) in [5.74, 6) is -0.675. The number of nitrogens with zero attached hydrogens (tertiary/aromatic N) is 2. The maximum atomic E-state index is 13.0. The predicted octanol–water partition coefficient (Wildman–Crippen LogP) is 3.46. The van der Waals surface area contributed by atoms with Gasteiger partial charge in [0, 0.05) is 37.1 Å². The Bertz CT molecular complexity index is 669. The first-order chi connectivity index (χ1) is 12.8. The number of carbonyl (C=O) groups is 2. The smallest absolute Gasteiger partial charge is 0.416 e. The Labute approximate surface area is 164 Å². The zero-order valence-corrected chi connectivity index (χ0v) is 16.6. The summed E-state index contributed by atoms with van der Waals surface area (Å²) in [6, 6.07) is 4.38. The molecule has 1 atom stereocenters. The van der Waals surface area contributed by atoms with E-state index in [9.17, 15) is 22.8 Å². The van der Waals surface area contributed by atoms with Gasteiger partial charge in [-0.3, -0.25) is 4.79 Å². The maximum absolute atomic E-state index is 13.0. The molecule has 0 N–H and O–H groups in total. The van der Waals surface area contributed by atoms with Gasteiger partial charge in [0.2, 0.25) is 5.91 Å². The van der Waals surface area contributed by atoms with Gasteiger partial charge in [0.05, 0.1) is 12.7 Å². The number of methoxy groups -OCH3 is 1. The number of halogens is 4. The van der Waals surface area contributed by atoms with Crippen LogP contribution in [0, 0.1) is 0 Å². The largest absolute Gasteiger partial charge is 0.467 e. The highest BCUT2D eigenvalue weighted by molar-refractivity contribution is 9.09. The molecule has 1 saturated heterocycles. The second-order valence-corrected chi connectivity index (χ2v) is 7.04. The first kappa shape index (κ1) is 21.5. The molecule has 27 heavy (non-hydrogen) atoms. The number of alkyl halides is 4.